The third kappa shape index (κ3) is 12.1. The van der Waals surface area contributed by atoms with Crippen LogP contribution in [0, 0.1) is 0 Å². The summed E-state index contributed by atoms with van der Waals surface area (Å²) in [5.74, 6) is 0.0456. The number of carbonyl (C=O) groups is 2. The molecule has 0 aliphatic carbocycles. The summed E-state index contributed by atoms with van der Waals surface area (Å²) in [5.41, 5.74) is 0.707. The predicted octanol–water partition coefficient (Wildman–Crippen LogP) is 5.45. The minimum Gasteiger partial charge on any atom is -0.444 e. The topological polar surface area (TPSA) is 122 Å². The minimum atomic E-state index is -3.51. The molecule has 10 heteroatoms. The number of nitrogens with zero attached hydrogens (tertiary/aromatic N) is 1. The normalized spacial score (nSPS) is 13.8. The fourth-order valence-corrected chi connectivity index (χ4v) is 4.75. The highest BCUT2D eigenvalue weighted by Crippen LogP contribution is 2.24. The quantitative estimate of drug-likeness (QED) is 0.377. The van der Waals surface area contributed by atoms with Crippen molar-refractivity contribution in [1.82, 2.24) is 10.2 Å². The lowest BCUT2D eigenvalue weighted by Gasteiger charge is -2.32. The van der Waals surface area contributed by atoms with Crippen LogP contribution in [0.4, 0.5) is 9.59 Å². The Morgan fingerprint density at radius 1 is 0.927 bits per heavy atom. The Hall–Kier alpha value is -3.11. The maximum Gasteiger partial charge on any atom is 0.410 e. The first-order chi connectivity index (χ1) is 18.7. The van der Waals surface area contributed by atoms with Crippen LogP contribution in [0.5, 0.6) is 0 Å². The van der Waals surface area contributed by atoms with Crippen molar-refractivity contribution < 1.29 is 32.6 Å². The lowest BCUT2D eigenvalue weighted by molar-refractivity contribution is 0.00644. The molecule has 0 unspecified atom stereocenters. The van der Waals surface area contributed by atoms with Crippen LogP contribution in [0.1, 0.15) is 78.0 Å². The van der Waals surface area contributed by atoms with E-state index < -0.39 is 45.4 Å². The van der Waals surface area contributed by atoms with Gasteiger partial charge < -0.3 is 24.8 Å². The van der Waals surface area contributed by atoms with E-state index in [-0.39, 0.29) is 30.3 Å². The zero-order valence-corrected chi connectivity index (χ0v) is 26.5. The van der Waals surface area contributed by atoms with E-state index in [9.17, 15) is 23.1 Å². The van der Waals surface area contributed by atoms with Crippen molar-refractivity contribution in [2.24, 2.45) is 0 Å². The second kappa shape index (κ2) is 13.7. The molecule has 0 radical (unpaired) electrons. The van der Waals surface area contributed by atoms with Gasteiger partial charge in [-0.25, -0.2) is 18.0 Å². The first-order valence-corrected chi connectivity index (χ1v) is 15.7. The monoisotopic (exact) mass is 590 g/mol. The van der Waals surface area contributed by atoms with Gasteiger partial charge in [-0.2, -0.15) is 0 Å². The van der Waals surface area contributed by atoms with Crippen LogP contribution in [0.15, 0.2) is 53.4 Å². The van der Waals surface area contributed by atoms with E-state index >= 15 is 0 Å². The Labute approximate surface area is 245 Å². The van der Waals surface area contributed by atoms with Gasteiger partial charge in [0.25, 0.3) is 0 Å². The summed E-state index contributed by atoms with van der Waals surface area (Å²) < 4.78 is 35.9. The molecule has 2 aromatic carbocycles. The van der Waals surface area contributed by atoms with Gasteiger partial charge in [-0.3, -0.25) is 0 Å². The average molecular weight is 591 g/mol. The molecule has 41 heavy (non-hydrogen) atoms. The Morgan fingerprint density at radius 2 is 1.51 bits per heavy atom. The molecule has 2 amide bonds. The van der Waals surface area contributed by atoms with Crippen LogP contribution in [0.3, 0.4) is 0 Å². The Morgan fingerprint density at radius 3 is 2.02 bits per heavy atom. The molecule has 2 atom stereocenters. The fraction of sp³-hybridized carbons (Fsp3) is 0.548. The van der Waals surface area contributed by atoms with Crippen LogP contribution in [-0.2, 0) is 32.3 Å². The number of alkyl carbamates (subject to hydrolysis) is 1. The molecule has 0 aliphatic rings. The van der Waals surface area contributed by atoms with Gasteiger partial charge in [-0.05, 0) is 82.7 Å². The molecular weight excluding hydrogens is 544 g/mol. The van der Waals surface area contributed by atoms with E-state index in [1.807, 2.05) is 50.2 Å². The number of aliphatic hydroxyl groups excluding tert-OH is 1. The number of rotatable bonds is 10. The van der Waals surface area contributed by atoms with Crippen LogP contribution in [0.25, 0.3) is 0 Å². The summed E-state index contributed by atoms with van der Waals surface area (Å²) in [5, 5.41) is 14.2. The molecular formula is C31H46N2O7S. The maximum absolute atomic E-state index is 13.4. The molecule has 0 heterocycles. The van der Waals surface area contributed by atoms with Crippen molar-refractivity contribution in [3.05, 3.63) is 65.2 Å². The first kappa shape index (κ1) is 34.1. The van der Waals surface area contributed by atoms with Crippen molar-refractivity contribution in [3.63, 3.8) is 0 Å². The van der Waals surface area contributed by atoms with Crippen molar-refractivity contribution in [2.75, 3.05) is 12.8 Å². The number of sulfone groups is 1. The number of aliphatic hydroxyl groups is 1. The highest BCUT2D eigenvalue weighted by atomic mass is 32.2. The summed E-state index contributed by atoms with van der Waals surface area (Å²) in [6.45, 7) is 14.2. The summed E-state index contributed by atoms with van der Waals surface area (Å²) in [4.78, 5) is 27.5. The van der Waals surface area contributed by atoms with E-state index in [0.717, 1.165) is 17.4 Å². The van der Waals surface area contributed by atoms with Gasteiger partial charge in [0.15, 0.2) is 9.84 Å². The molecule has 9 nitrogen and oxygen atoms in total. The van der Waals surface area contributed by atoms with E-state index in [2.05, 4.69) is 5.32 Å². The van der Waals surface area contributed by atoms with Gasteiger partial charge in [0.05, 0.1) is 23.6 Å². The van der Waals surface area contributed by atoms with Gasteiger partial charge in [0.1, 0.15) is 11.2 Å². The lowest BCUT2D eigenvalue weighted by atomic mass is 9.99. The van der Waals surface area contributed by atoms with E-state index in [4.69, 9.17) is 9.47 Å². The summed E-state index contributed by atoms with van der Waals surface area (Å²) in [6.07, 6.45) is -1.16. The molecule has 0 spiro atoms. The van der Waals surface area contributed by atoms with Crippen LogP contribution < -0.4 is 5.32 Å². The smallest absolute Gasteiger partial charge is 0.410 e. The minimum absolute atomic E-state index is 0.0143. The third-order valence-corrected chi connectivity index (χ3v) is 7.07. The molecule has 228 valence electrons. The van der Waals surface area contributed by atoms with Crippen LogP contribution in [0.2, 0.25) is 0 Å². The largest absolute Gasteiger partial charge is 0.444 e. The molecule has 2 rings (SSSR count). The number of hydrogen-bond donors (Lipinski definition) is 2. The molecule has 0 fully saturated rings. The predicted molar refractivity (Wildman–Crippen MR) is 160 cm³/mol. The van der Waals surface area contributed by atoms with Crippen LogP contribution in [-0.4, -0.2) is 66.8 Å². The molecule has 0 aromatic heterocycles. The second-order valence-electron chi connectivity index (χ2n) is 12.7. The van der Waals surface area contributed by atoms with E-state index in [1.54, 1.807) is 47.6 Å². The molecule has 0 bridgehead atoms. The number of carbonyl (C=O) groups excluding carboxylic acids is 2. The first-order valence-electron chi connectivity index (χ1n) is 13.8. The third-order valence-electron chi connectivity index (χ3n) is 5.98. The standard InChI is InChI=1S/C31H46N2O7S/c1-21(2)24-15-23(16-25(18-24)41(9,37)38)19-33(29(36)40-31(6,7)8)20-27(34)26(17-22-13-11-10-12-14-22)32-28(35)39-30(3,4)5/h10-16,18,21,26-27,34H,17,19-20H2,1-9H3,(H,32,35)/t26-,27+/m0/s1. The fourth-order valence-electron chi connectivity index (χ4n) is 4.04. The number of nitrogens with one attached hydrogen (secondary N) is 1. The van der Waals surface area contributed by atoms with Gasteiger partial charge in [-0.15, -0.1) is 0 Å². The Bertz CT molecular complexity index is 1280. The maximum atomic E-state index is 13.4. The van der Waals surface area contributed by atoms with E-state index in [0.29, 0.717) is 5.56 Å². The highest BCUT2D eigenvalue weighted by molar-refractivity contribution is 7.90. The molecule has 2 aromatic rings. The SMILES string of the molecule is CC(C)c1cc(CN(C[C@@H](O)[C@H](Cc2ccccc2)NC(=O)OC(C)(C)C)C(=O)OC(C)(C)C)cc(S(C)(=O)=O)c1. The number of ether oxygens (including phenoxy) is 2. The van der Waals surface area contributed by atoms with Gasteiger partial charge >= 0.3 is 12.2 Å². The average Bonchev–Trinajstić information content (AvgIpc) is 2.80. The van der Waals surface area contributed by atoms with Crippen molar-refractivity contribution in [2.45, 2.75) is 103 Å². The van der Waals surface area contributed by atoms with E-state index in [1.165, 1.54) is 11.0 Å². The van der Waals surface area contributed by atoms with Gasteiger partial charge in [-0.1, -0.05) is 50.2 Å². The summed E-state index contributed by atoms with van der Waals surface area (Å²) >= 11 is 0. The molecule has 0 saturated heterocycles. The van der Waals surface area contributed by atoms with Gasteiger partial charge in [0.2, 0.25) is 0 Å². The summed E-state index contributed by atoms with van der Waals surface area (Å²) in [7, 11) is -3.51. The number of amides is 2. The molecule has 0 aliphatic heterocycles. The van der Waals surface area contributed by atoms with Crippen molar-refractivity contribution in [1.29, 1.82) is 0 Å². The lowest BCUT2D eigenvalue weighted by Crippen LogP contribution is -2.51. The second-order valence-corrected chi connectivity index (χ2v) is 14.7. The Kier molecular flexibility index (Phi) is 11.4. The summed E-state index contributed by atoms with van der Waals surface area (Å²) in [6, 6.07) is 13.6. The van der Waals surface area contributed by atoms with Crippen LogP contribution >= 0.6 is 0 Å². The molecule has 2 N–H and O–H groups in total. The van der Waals surface area contributed by atoms with Gasteiger partial charge in [0, 0.05) is 12.8 Å². The highest BCUT2D eigenvalue weighted by Gasteiger charge is 2.30. The van der Waals surface area contributed by atoms with Crippen molar-refractivity contribution in [3.8, 4) is 0 Å². The number of benzene rings is 2. The zero-order chi connectivity index (χ0) is 31.2. The number of hydrogen-bond acceptors (Lipinski definition) is 7. The Balaban J connectivity index is 2.44. The zero-order valence-electron chi connectivity index (χ0n) is 25.7. The van der Waals surface area contributed by atoms with Crippen molar-refractivity contribution >= 4 is 22.0 Å². The molecule has 0 saturated carbocycles.